The normalized spacial score (nSPS) is 10.8. The van der Waals surface area contributed by atoms with E-state index >= 15 is 0 Å². The van der Waals surface area contributed by atoms with Gasteiger partial charge in [0.05, 0.1) is 25.3 Å². The number of pyridine rings is 1. The van der Waals surface area contributed by atoms with Gasteiger partial charge in [-0.05, 0) is 23.8 Å². The van der Waals surface area contributed by atoms with Crippen molar-refractivity contribution in [2.24, 2.45) is 0 Å². The number of benzene rings is 1. The largest absolute Gasteiger partial charge is 0.497 e. The molecule has 108 valence electrons. The fourth-order valence-electron chi connectivity index (χ4n) is 2.28. The standard InChI is InChI=1S/C16H15ClN2O2/c1-20-12-5-3-11(4-6-12)10-19-8-7-13-14(19)9-15(21-2)16(17)18-13/h3-9H,10H2,1-2H3. The van der Waals surface area contributed by atoms with Crippen LogP contribution in [0.2, 0.25) is 5.15 Å². The molecule has 5 heteroatoms. The van der Waals surface area contributed by atoms with E-state index < -0.39 is 0 Å². The van der Waals surface area contributed by atoms with Crippen molar-refractivity contribution in [3.05, 3.63) is 53.3 Å². The Bertz CT molecular complexity index is 766. The molecule has 0 bridgehead atoms. The summed E-state index contributed by atoms with van der Waals surface area (Å²) in [4.78, 5) is 4.34. The maximum Gasteiger partial charge on any atom is 0.171 e. The third-order valence-electron chi connectivity index (χ3n) is 3.41. The van der Waals surface area contributed by atoms with Crippen LogP contribution in [-0.2, 0) is 6.54 Å². The van der Waals surface area contributed by atoms with Crippen LogP contribution in [0.5, 0.6) is 11.5 Å². The van der Waals surface area contributed by atoms with Gasteiger partial charge in [0.2, 0.25) is 0 Å². The quantitative estimate of drug-likeness (QED) is 0.689. The van der Waals surface area contributed by atoms with Gasteiger partial charge in [-0.25, -0.2) is 4.98 Å². The highest BCUT2D eigenvalue weighted by atomic mass is 35.5. The number of nitrogens with zero attached hydrogens (tertiary/aromatic N) is 2. The minimum Gasteiger partial charge on any atom is -0.497 e. The van der Waals surface area contributed by atoms with Crippen LogP contribution in [0.3, 0.4) is 0 Å². The summed E-state index contributed by atoms with van der Waals surface area (Å²) in [6, 6.07) is 11.9. The summed E-state index contributed by atoms with van der Waals surface area (Å²) >= 11 is 6.05. The van der Waals surface area contributed by atoms with E-state index in [1.165, 1.54) is 5.56 Å². The smallest absolute Gasteiger partial charge is 0.171 e. The van der Waals surface area contributed by atoms with E-state index in [4.69, 9.17) is 21.1 Å². The summed E-state index contributed by atoms with van der Waals surface area (Å²) in [5.41, 5.74) is 3.03. The Kier molecular flexibility index (Phi) is 3.71. The molecular weight excluding hydrogens is 288 g/mol. The molecule has 3 aromatic rings. The van der Waals surface area contributed by atoms with Crippen molar-refractivity contribution in [2.45, 2.75) is 6.54 Å². The van der Waals surface area contributed by atoms with Crippen LogP contribution in [-0.4, -0.2) is 23.8 Å². The number of halogens is 1. The molecule has 1 aromatic carbocycles. The zero-order valence-electron chi connectivity index (χ0n) is 11.8. The summed E-state index contributed by atoms with van der Waals surface area (Å²) in [5, 5.41) is 0.382. The molecule has 4 nitrogen and oxygen atoms in total. The zero-order chi connectivity index (χ0) is 14.8. The van der Waals surface area contributed by atoms with Crippen molar-refractivity contribution in [2.75, 3.05) is 14.2 Å². The maximum absolute atomic E-state index is 6.05. The minimum atomic E-state index is 0.382. The maximum atomic E-state index is 6.05. The molecule has 2 heterocycles. The van der Waals surface area contributed by atoms with Gasteiger partial charge in [0.25, 0.3) is 0 Å². The minimum absolute atomic E-state index is 0.382. The molecular formula is C16H15ClN2O2. The fraction of sp³-hybridized carbons (Fsp3) is 0.188. The van der Waals surface area contributed by atoms with Gasteiger partial charge in [-0.15, -0.1) is 0 Å². The van der Waals surface area contributed by atoms with E-state index in [0.29, 0.717) is 10.9 Å². The van der Waals surface area contributed by atoms with Crippen molar-refractivity contribution in [3.8, 4) is 11.5 Å². The highest BCUT2D eigenvalue weighted by Crippen LogP contribution is 2.27. The van der Waals surface area contributed by atoms with E-state index in [-0.39, 0.29) is 0 Å². The van der Waals surface area contributed by atoms with Gasteiger partial charge >= 0.3 is 0 Å². The Morgan fingerprint density at radius 3 is 2.52 bits per heavy atom. The Morgan fingerprint density at radius 2 is 1.86 bits per heavy atom. The number of hydrogen-bond acceptors (Lipinski definition) is 3. The second kappa shape index (κ2) is 5.66. The lowest BCUT2D eigenvalue weighted by molar-refractivity contribution is 0.414. The lowest BCUT2D eigenvalue weighted by Gasteiger charge is -2.08. The second-order valence-corrected chi connectivity index (χ2v) is 5.04. The third kappa shape index (κ3) is 2.67. The molecule has 0 aliphatic carbocycles. The average Bonchev–Trinajstić information content (AvgIpc) is 2.89. The Morgan fingerprint density at radius 1 is 1.10 bits per heavy atom. The molecule has 0 aliphatic heterocycles. The van der Waals surface area contributed by atoms with Crippen LogP contribution in [0.1, 0.15) is 5.56 Å². The number of fused-ring (bicyclic) bond motifs is 1. The first-order chi connectivity index (χ1) is 10.2. The Balaban J connectivity index is 1.96. The SMILES string of the molecule is COc1ccc(Cn2ccc3nc(Cl)c(OC)cc32)cc1. The van der Waals surface area contributed by atoms with Crippen LogP contribution in [0.15, 0.2) is 42.6 Å². The molecule has 2 aromatic heterocycles. The number of methoxy groups -OCH3 is 2. The van der Waals surface area contributed by atoms with Crippen molar-refractivity contribution >= 4 is 22.6 Å². The highest BCUT2D eigenvalue weighted by Gasteiger charge is 2.09. The van der Waals surface area contributed by atoms with Crippen molar-refractivity contribution in [1.29, 1.82) is 0 Å². The summed E-state index contributed by atoms with van der Waals surface area (Å²) < 4.78 is 12.5. The van der Waals surface area contributed by atoms with Crippen molar-refractivity contribution in [1.82, 2.24) is 9.55 Å². The van der Waals surface area contributed by atoms with Gasteiger partial charge in [0, 0.05) is 18.8 Å². The number of ether oxygens (including phenoxy) is 2. The summed E-state index contributed by atoms with van der Waals surface area (Å²) in [6.45, 7) is 0.750. The molecule has 0 radical (unpaired) electrons. The number of rotatable bonds is 4. The first-order valence-electron chi connectivity index (χ1n) is 6.53. The van der Waals surface area contributed by atoms with Gasteiger partial charge in [-0.3, -0.25) is 0 Å². The van der Waals surface area contributed by atoms with Crippen LogP contribution in [0, 0.1) is 0 Å². The molecule has 0 atom stereocenters. The van der Waals surface area contributed by atoms with Crippen molar-refractivity contribution < 1.29 is 9.47 Å². The lowest BCUT2D eigenvalue weighted by atomic mass is 10.2. The van der Waals surface area contributed by atoms with Crippen molar-refractivity contribution in [3.63, 3.8) is 0 Å². The van der Waals surface area contributed by atoms with Gasteiger partial charge < -0.3 is 14.0 Å². The van der Waals surface area contributed by atoms with E-state index in [9.17, 15) is 0 Å². The molecule has 0 saturated carbocycles. The van der Waals surface area contributed by atoms with E-state index in [2.05, 4.69) is 9.55 Å². The molecule has 0 amide bonds. The molecule has 3 rings (SSSR count). The predicted octanol–water partition coefficient (Wildman–Crippen LogP) is 3.76. The molecule has 0 unspecified atom stereocenters. The number of aromatic nitrogens is 2. The van der Waals surface area contributed by atoms with E-state index in [1.54, 1.807) is 14.2 Å². The predicted molar refractivity (Wildman–Crippen MR) is 83.4 cm³/mol. The van der Waals surface area contributed by atoms with Crippen LogP contribution in [0.25, 0.3) is 11.0 Å². The van der Waals surface area contributed by atoms with Gasteiger partial charge in [-0.2, -0.15) is 0 Å². The molecule has 0 N–H and O–H groups in total. The first kappa shape index (κ1) is 13.8. The number of hydrogen-bond donors (Lipinski definition) is 0. The van der Waals surface area contributed by atoms with Crippen LogP contribution in [0.4, 0.5) is 0 Å². The fourth-order valence-corrected chi connectivity index (χ4v) is 2.50. The molecule has 0 saturated heterocycles. The summed E-state index contributed by atoms with van der Waals surface area (Å²) in [7, 11) is 3.25. The monoisotopic (exact) mass is 302 g/mol. The summed E-state index contributed by atoms with van der Waals surface area (Å²) in [5.74, 6) is 1.44. The Labute approximate surface area is 127 Å². The Hall–Kier alpha value is -2.20. The van der Waals surface area contributed by atoms with Crippen LogP contribution >= 0.6 is 11.6 Å². The summed E-state index contributed by atoms with van der Waals surface area (Å²) in [6.07, 6.45) is 2.00. The van der Waals surface area contributed by atoms with Crippen LogP contribution < -0.4 is 9.47 Å². The zero-order valence-corrected chi connectivity index (χ0v) is 12.6. The van der Waals surface area contributed by atoms with Gasteiger partial charge in [0.1, 0.15) is 5.75 Å². The van der Waals surface area contributed by atoms with E-state index in [1.807, 2.05) is 42.6 Å². The lowest BCUT2D eigenvalue weighted by Crippen LogP contribution is -1.98. The molecule has 0 fully saturated rings. The van der Waals surface area contributed by atoms with E-state index in [0.717, 1.165) is 23.3 Å². The molecule has 21 heavy (non-hydrogen) atoms. The van der Waals surface area contributed by atoms with Gasteiger partial charge in [-0.1, -0.05) is 23.7 Å². The highest BCUT2D eigenvalue weighted by molar-refractivity contribution is 6.31. The molecule has 0 spiro atoms. The third-order valence-corrected chi connectivity index (χ3v) is 3.68. The first-order valence-corrected chi connectivity index (χ1v) is 6.91. The molecule has 0 aliphatic rings. The van der Waals surface area contributed by atoms with Gasteiger partial charge in [0.15, 0.2) is 10.9 Å². The topological polar surface area (TPSA) is 36.3 Å². The second-order valence-electron chi connectivity index (χ2n) is 4.68. The average molecular weight is 303 g/mol.